The monoisotopic (exact) mass is 394 g/mol. The summed E-state index contributed by atoms with van der Waals surface area (Å²) in [6, 6.07) is 10.4. The molecule has 1 N–H and O–H groups in total. The van der Waals surface area contributed by atoms with Crippen LogP contribution < -0.4 is 24.4 Å². The molecule has 1 atom stereocenters. The molecular weight excluding hydrogens is 372 g/mol. The van der Waals surface area contributed by atoms with Crippen LogP contribution in [0.15, 0.2) is 36.4 Å². The van der Waals surface area contributed by atoms with Crippen LogP contribution in [0.5, 0.6) is 17.2 Å². The molecule has 2 aromatic rings. The fraction of sp³-hybridized carbons (Fsp3) is 0.273. The molecule has 0 aromatic heterocycles. The standard InChI is InChI=1S/C22H22N2O5/c1-5-14-7-6-8-16(9-14)23-22(26)15-10-20(25)24(13-15)17-11-18(27-2)21(29-4)19(12-17)28-3/h1,6-9,11-12,15H,10,13H2,2-4H3,(H,23,26). The van der Waals surface area contributed by atoms with Crippen molar-refractivity contribution in [2.45, 2.75) is 6.42 Å². The van der Waals surface area contributed by atoms with Gasteiger partial charge in [-0.1, -0.05) is 12.0 Å². The first kappa shape index (κ1) is 20.1. The van der Waals surface area contributed by atoms with Gasteiger partial charge in [-0.3, -0.25) is 9.59 Å². The van der Waals surface area contributed by atoms with Crippen molar-refractivity contribution in [3.8, 4) is 29.6 Å². The third-order valence-corrected chi connectivity index (χ3v) is 4.75. The van der Waals surface area contributed by atoms with Gasteiger partial charge in [-0.25, -0.2) is 0 Å². The highest BCUT2D eigenvalue weighted by atomic mass is 16.5. The second-order valence-corrected chi connectivity index (χ2v) is 6.50. The number of methoxy groups -OCH3 is 3. The van der Waals surface area contributed by atoms with Gasteiger partial charge in [-0.05, 0) is 18.2 Å². The van der Waals surface area contributed by atoms with Crippen molar-refractivity contribution in [3.05, 3.63) is 42.0 Å². The van der Waals surface area contributed by atoms with Gasteiger partial charge in [0.25, 0.3) is 0 Å². The van der Waals surface area contributed by atoms with E-state index in [2.05, 4.69) is 11.2 Å². The van der Waals surface area contributed by atoms with Gasteiger partial charge in [-0.2, -0.15) is 0 Å². The van der Waals surface area contributed by atoms with Gasteiger partial charge in [0.05, 0.1) is 32.9 Å². The molecule has 2 amide bonds. The summed E-state index contributed by atoms with van der Waals surface area (Å²) in [4.78, 5) is 26.8. The van der Waals surface area contributed by atoms with Crippen LogP contribution in [0.25, 0.3) is 0 Å². The van der Waals surface area contributed by atoms with Crippen molar-refractivity contribution in [1.82, 2.24) is 0 Å². The number of hydrogen-bond acceptors (Lipinski definition) is 5. The molecular formula is C22H22N2O5. The number of amides is 2. The van der Waals surface area contributed by atoms with Gasteiger partial charge >= 0.3 is 0 Å². The molecule has 0 aliphatic carbocycles. The zero-order chi connectivity index (χ0) is 21.0. The molecule has 0 bridgehead atoms. The number of terminal acetylenes is 1. The summed E-state index contributed by atoms with van der Waals surface area (Å²) < 4.78 is 16.0. The van der Waals surface area contributed by atoms with Gasteiger partial charge in [-0.15, -0.1) is 6.42 Å². The Bertz CT molecular complexity index is 954. The van der Waals surface area contributed by atoms with Crippen molar-refractivity contribution in [2.24, 2.45) is 5.92 Å². The van der Waals surface area contributed by atoms with Crippen molar-refractivity contribution < 1.29 is 23.8 Å². The lowest BCUT2D eigenvalue weighted by Crippen LogP contribution is -2.28. The predicted molar refractivity (Wildman–Crippen MR) is 110 cm³/mol. The number of rotatable bonds is 6. The van der Waals surface area contributed by atoms with E-state index in [-0.39, 0.29) is 24.8 Å². The number of benzene rings is 2. The summed E-state index contributed by atoms with van der Waals surface area (Å²) in [6.07, 6.45) is 5.51. The van der Waals surface area contributed by atoms with Crippen molar-refractivity contribution in [3.63, 3.8) is 0 Å². The normalized spacial score (nSPS) is 15.6. The number of anilines is 2. The lowest BCUT2D eigenvalue weighted by atomic mass is 10.1. The molecule has 1 aliphatic heterocycles. The molecule has 3 rings (SSSR count). The summed E-state index contributed by atoms with van der Waals surface area (Å²) >= 11 is 0. The first-order chi connectivity index (χ1) is 14.0. The molecule has 1 unspecified atom stereocenters. The molecule has 29 heavy (non-hydrogen) atoms. The van der Waals surface area contributed by atoms with Gasteiger partial charge in [0.2, 0.25) is 17.6 Å². The molecule has 1 aliphatic rings. The molecule has 0 spiro atoms. The number of ether oxygens (including phenoxy) is 3. The zero-order valence-electron chi connectivity index (χ0n) is 16.5. The SMILES string of the molecule is C#Cc1cccc(NC(=O)C2CC(=O)N(c3cc(OC)c(OC)c(OC)c3)C2)c1. The van der Waals surface area contributed by atoms with Gasteiger partial charge in [0.1, 0.15) is 0 Å². The summed E-state index contributed by atoms with van der Waals surface area (Å²) in [5.74, 6) is 2.96. The Kier molecular flexibility index (Phi) is 5.93. The maximum Gasteiger partial charge on any atom is 0.229 e. The minimum Gasteiger partial charge on any atom is -0.493 e. The Hall–Kier alpha value is -3.66. The minimum atomic E-state index is -0.490. The lowest BCUT2D eigenvalue weighted by Gasteiger charge is -2.20. The molecule has 1 heterocycles. The Morgan fingerprint density at radius 1 is 1.14 bits per heavy atom. The third kappa shape index (κ3) is 4.11. The van der Waals surface area contributed by atoms with Crippen molar-refractivity contribution in [1.29, 1.82) is 0 Å². The number of hydrogen-bond donors (Lipinski definition) is 1. The molecule has 0 radical (unpaired) electrons. The second-order valence-electron chi connectivity index (χ2n) is 6.50. The number of carbonyl (C=O) groups excluding carboxylic acids is 2. The lowest BCUT2D eigenvalue weighted by molar-refractivity contribution is -0.122. The Balaban J connectivity index is 1.79. The number of carbonyl (C=O) groups is 2. The molecule has 7 heteroatoms. The number of nitrogens with zero attached hydrogens (tertiary/aromatic N) is 1. The summed E-state index contributed by atoms with van der Waals surface area (Å²) in [5.41, 5.74) is 1.85. The Morgan fingerprint density at radius 3 is 2.41 bits per heavy atom. The highest BCUT2D eigenvalue weighted by Gasteiger charge is 2.36. The molecule has 1 fully saturated rings. The third-order valence-electron chi connectivity index (χ3n) is 4.75. The molecule has 7 nitrogen and oxygen atoms in total. The van der Waals surface area contributed by atoms with Crippen LogP contribution in [-0.2, 0) is 9.59 Å². The van der Waals surface area contributed by atoms with Gasteiger partial charge in [0, 0.05) is 36.3 Å². The van der Waals surface area contributed by atoms with E-state index in [1.165, 1.54) is 21.3 Å². The highest BCUT2D eigenvalue weighted by molar-refractivity contribution is 6.03. The maximum absolute atomic E-state index is 12.7. The van der Waals surface area contributed by atoms with Crippen LogP contribution in [0, 0.1) is 18.3 Å². The van der Waals surface area contributed by atoms with E-state index in [1.54, 1.807) is 41.3 Å². The van der Waals surface area contributed by atoms with Crippen LogP contribution in [0.3, 0.4) is 0 Å². The first-order valence-corrected chi connectivity index (χ1v) is 8.98. The second kappa shape index (κ2) is 8.57. The highest BCUT2D eigenvalue weighted by Crippen LogP contribution is 2.42. The average Bonchev–Trinajstić information content (AvgIpc) is 3.14. The van der Waals surface area contributed by atoms with Gasteiger partial charge < -0.3 is 24.4 Å². The Morgan fingerprint density at radius 2 is 1.83 bits per heavy atom. The van der Waals surface area contributed by atoms with E-state index in [1.807, 2.05) is 0 Å². The van der Waals surface area contributed by atoms with Crippen LogP contribution in [0.2, 0.25) is 0 Å². The predicted octanol–water partition coefficient (Wildman–Crippen LogP) is 2.69. The van der Waals surface area contributed by atoms with Crippen LogP contribution in [0.1, 0.15) is 12.0 Å². The van der Waals surface area contributed by atoms with Crippen LogP contribution in [-0.4, -0.2) is 39.7 Å². The fourth-order valence-corrected chi connectivity index (χ4v) is 3.29. The number of nitrogens with one attached hydrogen (secondary N) is 1. The summed E-state index contributed by atoms with van der Waals surface area (Å²) in [6.45, 7) is 0.248. The van der Waals surface area contributed by atoms with E-state index in [4.69, 9.17) is 20.6 Å². The molecule has 0 saturated carbocycles. The maximum atomic E-state index is 12.7. The quantitative estimate of drug-likeness (QED) is 0.763. The minimum absolute atomic E-state index is 0.108. The van der Waals surface area contributed by atoms with E-state index >= 15 is 0 Å². The molecule has 2 aromatic carbocycles. The summed E-state index contributed by atoms with van der Waals surface area (Å²) in [7, 11) is 4.53. The first-order valence-electron chi connectivity index (χ1n) is 8.98. The van der Waals surface area contributed by atoms with Crippen LogP contribution >= 0.6 is 0 Å². The smallest absolute Gasteiger partial charge is 0.229 e. The fourth-order valence-electron chi connectivity index (χ4n) is 3.29. The van der Waals surface area contributed by atoms with Gasteiger partial charge in [0.15, 0.2) is 11.5 Å². The average molecular weight is 394 g/mol. The Labute approximate surface area is 169 Å². The van der Waals surface area contributed by atoms with E-state index in [9.17, 15) is 9.59 Å². The van der Waals surface area contributed by atoms with Crippen molar-refractivity contribution >= 4 is 23.2 Å². The van der Waals surface area contributed by atoms with E-state index in [0.717, 1.165) is 0 Å². The summed E-state index contributed by atoms with van der Waals surface area (Å²) in [5, 5.41) is 2.83. The molecule has 1 saturated heterocycles. The van der Waals surface area contributed by atoms with Crippen LogP contribution in [0.4, 0.5) is 11.4 Å². The zero-order valence-corrected chi connectivity index (χ0v) is 16.5. The van der Waals surface area contributed by atoms with E-state index < -0.39 is 5.92 Å². The largest absolute Gasteiger partial charge is 0.493 e. The molecule has 150 valence electrons. The van der Waals surface area contributed by atoms with E-state index in [0.29, 0.717) is 34.2 Å². The topological polar surface area (TPSA) is 77.1 Å². The van der Waals surface area contributed by atoms with Crippen molar-refractivity contribution in [2.75, 3.05) is 38.1 Å².